The zero-order chi connectivity index (χ0) is 15.1. The van der Waals surface area contributed by atoms with Crippen LogP contribution in [-0.4, -0.2) is 75.0 Å². The van der Waals surface area contributed by atoms with Gasteiger partial charge >= 0.3 is 0 Å². The molecule has 7 nitrogen and oxygen atoms in total. The summed E-state index contributed by atoms with van der Waals surface area (Å²) < 4.78 is 5.07. The Labute approximate surface area is 117 Å². The van der Waals surface area contributed by atoms with Crippen molar-refractivity contribution in [2.24, 2.45) is 11.8 Å². The number of amides is 1. The van der Waals surface area contributed by atoms with Crippen LogP contribution < -0.4 is 0 Å². The molecule has 0 aromatic heterocycles. The second-order valence-electron chi connectivity index (χ2n) is 6.14. The van der Waals surface area contributed by atoms with E-state index in [1.807, 2.05) is 13.8 Å². The molecule has 1 amide bonds. The van der Waals surface area contributed by atoms with Crippen molar-refractivity contribution in [2.75, 3.05) is 19.7 Å². The molecule has 5 atom stereocenters. The number of β-amino-alcohol motifs (C(OH)–C–C–N with tert-alkyl or cyclic N) is 1. The Morgan fingerprint density at radius 3 is 2.60 bits per heavy atom. The predicted molar refractivity (Wildman–Crippen MR) is 68.4 cm³/mol. The first-order valence-corrected chi connectivity index (χ1v) is 6.93. The average Bonchev–Trinajstić information content (AvgIpc) is 2.74. The third kappa shape index (κ3) is 2.82. The van der Waals surface area contributed by atoms with Gasteiger partial charge < -0.3 is 30.1 Å². The van der Waals surface area contributed by atoms with Crippen molar-refractivity contribution in [3.05, 3.63) is 0 Å². The lowest BCUT2D eigenvalue weighted by molar-refractivity contribution is -0.323. The van der Waals surface area contributed by atoms with Crippen LogP contribution in [0.3, 0.4) is 0 Å². The highest BCUT2D eigenvalue weighted by Crippen LogP contribution is 2.30. The van der Waals surface area contributed by atoms with Crippen LogP contribution in [0.1, 0.15) is 20.3 Å². The predicted octanol–water partition coefficient (Wildman–Crippen LogP) is -1.71. The van der Waals surface area contributed by atoms with Crippen LogP contribution in [0.2, 0.25) is 0 Å². The minimum Gasteiger partial charge on any atom is -0.388 e. The summed E-state index contributed by atoms with van der Waals surface area (Å²) >= 11 is 0. The zero-order valence-corrected chi connectivity index (χ0v) is 11.8. The van der Waals surface area contributed by atoms with Crippen molar-refractivity contribution in [2.45, 2.75) is 44.4 Å². The molecular weight excluding hydrogens is 266 g/mol. The van der Waals surface area contributed by atoms with Gasteiger partial charge in [0.2, 0.25) is 11.7 Å². The number of carbonyl (C=O) groups is 1. The topological polar surface area (TPSA) is 110 Å². The van der Waals surface area contributed by atoms with Crippen molar-refractivity contribution in [1.82, 2.24) is 4.90 Å². The van der Waals surface area contributed by atoms with Crippen molar-refractivity contribution in [3.63, 3.8) is 0 Å². The highest BCUT2D eigenvalue weighted by Gasteiger charge is 2.50. The van der Waals surface area contributed by atoms with Gasteiger partial charge in [-0.1, -0.05) is 13.8 Å². The number of hydrogen-bond acceptors (Lipinski definition) is 6. The summed E-state index contributed by atoms with van der Waals surface area (Å²) in [6, 6.07) is 0. The SMILES string of the molecule is CC(C)[C@H]1CC(=O)N(C[C@]2(O)OC[C@@H](O)[C@@H](O)[C@H]2O)C1. The second kappa shape index (κ2) is 5.57. The first-order chi connectivity index (χ1) is 9.24. The van der Waals surface area contributed by atoms with Crippen molar-refractivity contribution < 1.29 is 30.0 Å². The summed E-state index contributed by atoms with van der Waals surface area (Å²) in [5.41, 5.74) is 0. The van der Waals surface area contributed by atoms with Crippen LogP contribution in [0.15, 0.2) is 0 Å². The van der Waals surface area contributed by atoms with E-state index in [0.29, 0.717) is 18.9 Å². The summed E-state index contributed by atoms with van der Waals surface area (Å²) in [5.74, 6) is -1.58. The van der Waals surface area contributed by atoms with Crippen LogP contribution in [0.25, 0.3) is 0 Å². The number of rotatable bonds is 3. The fourth-order valence-electron chi connectivity index (χ4n) is 2.71. The minimum atomic E-state index is -2.04. The lowest BCUT2D eigenvalue weighted by Crippen LogP contribution is -2.64. The van der Waals surface area contributed by atoms with E-state index in [0.717, 1.165) is 0 Å². The molecule has 2 fully saturated rings. The highest BCUT2D eigenvalue weighted by atomic mass is 16.6. The van der Waals surface area contributed by atoms with Gasteiger partial charge in [0.15, 0.2) is 0 Å². The molecule has 116 valence electrons. The number of likely N-dealkylation sites (tertiary alicyclic amines) is 1. The fraction of sp³-hybridized carbons (Fsp3) is 0.923. The van der Waals surface area contributed by atoms with Crippen molar-refractivity contribution >= 4 is 5.91 Å². The summed E-state index contributed by atoms with van der Waals surface area (Å²) in [4.78, 5) is 13.4. The maximum atomic E-state index is 11.9. The standard InChI is InChI=1S/C13H23NO6/c1-7(2)8-3-10(16)14(4-8)6-13(19)12(18)11(17)9(15)5-20-13/h7-9,11-12,15,17-19H,3-6H2,1-2H3/t8-,9+,11+,12+,13-/m0/s1. The average molecular weight is 289 g/mol. The monoisotopic (exact) mass is 289 g/mol. The molecule has 2 aliphatic heterocycles. The molecule has 0 spiro atoms. The molecule has 20 heavy (non-hydrogen) atoms. The van der Waals surface area contributed by atoms with Crippen LogP contribution in [-0.2, 0) is 9.53 Å². The van der Waals surface area contributed by atoms with E-state index in [2.05, 4.69) is 0 Å². The molecule has 2 aliphatic rings. The van der Waals surface area contributed by atoms with Gasteiger partial charge in [-0.3, -0.25) is 4.79 Å². The van der Waals surface area contributed by atoms with Crippen LogP contribution in [0.4, 0.5) is 0 Å². The molecule has 2 rings (SSSR count). The Bertz CT molecular complexity index is 376. The molecule has 0 aromatic carbocycles. The van der Waals surface area contributed by atoms with E-state index in [9.17, 15) is 25.2 Å². The number of ether oxygens (including phenoxy) is 1. The Hall–Kier alpha value is -0.730. The smallest absolute Gasteiger partial charge is 0.223 e. The van der Waals surface area contributed by atoms with E-state index >= 15 is 0 Å². The number of nitrogens with zero attached hydrogens (tertiary/aromatic N) is 1. The summed E-state index contributed by atoms with van der Waals surface area (Å²) in [7, 11) is 0. The van der Waals surface area contributed by atoms with Gasteiger partial charge in [0, 0.05) is 13.0 Å². The van der Waals surface area contributed by atoms with Gasteiger partial charge in [-0.25, -0.2) is 0 Å². The Kier molecular flexibility index (Phi) is 4.36. The Balaban J connectivity index is 2.04. The fourth-order valence-corrected chi connectivity index (χ4v) is 2.71. The van der Waals surface area contributed by atoms with E-state index in [4.69, 9.17) is 4.74 Å². The lowest BCUT2D eigenvalue weighted by atomic mass is 9.95. The van der Waals surface area contributed by atoms with Gasteiger partial charge in [-0.2, -0.15) is 0 Å². The van der Waals surface area contributed by atoms with Gasteiger partial charge in [0.05, 0.1) is 13.2 Å². The molecule has 0 bridgehead atoms. The summed E-state index contributed by atoms with van der Waals surface area (Å²) in [6.45, 7) is 4.06. The number of aliphatic hydroxyl groups is 4. The number of carbonyl (C=O) groups excluding carboxylic acids is 1. The van der Waals surface area contributed by atoms with Crippen molar-refractivity contribution in [1.29, 1.82) is 0 Å². The van der Waals surface area contributed by atoms with Gasteiger partial charge in [-0.05, 0) is 11.8 Å². The first kappa shape index (κ1) is 15.7. The van der Waals surface area contributed by atoms with Gasteiger partial charge in [-0.15, -0.1) is 0 Å². The number of hydrogen-bond donors (Lipinski definition) is 4. The normalized spacial score (nSPS) is 42.5. The van der Waals surface area contributed by atoms with Crippen LogP contribution in [0.5, 0.6) is 0 Å². The van der Waals surface area contributed by atoms with Gasteiger partial charge in [0.25, 0.3) is 0 Å². The first-order valence-electron chi connectivity index (χ1n) is 6.93. The molecule has 2 heterocycles. The molecule has 2 saturated heterocycles. The Morgan fingerprint density at radius 2 is 2.05 bits per heavy atom. The maximum Gasteiger partial charge on any atom is 0.223 e. The molecule has 0 unspecified atom stereocenters. The van der Waals surface area contributed by atoms with E-state index in [-0.39, 0.29) is 25.0 Å². The quantitative estimate of drug-likeness (QED) is 0.492. The molecule has 0 aliphatic carbocycles. The van der Waals surface area contributed by atoms with Crippen molar-refractivity contribution in [3.8, 4) is 0 Å². The molecule has 7 heteroatoms. The lowest BCUT2D eigenvalue weighted by Gasteiger charge is -2.43. The molecule has 0 aromatic rings. The third-order valence-corrected chi connectivity index (χ3v) is 4.29. The van der Waals surface area contributed by atoms with Gasteiger partial charge in [0.1, 0.15) is 18.3 Å². The van der Waals surface area contributed by atoms with E-state index < -0.39 is 24.1 Å². The maximum absolute atomic E-state index is 11.9. The summed E-state index contributed by atoms with van der Waals surface area (Å²) in [6.07, 6.45) is -3.98. The molecule has 0 radical (unpaired) electrons. The van der Waals surface area contributed by atoms with E-state index in [1.54, 1.807) is 0 Å². The highest BCUT2D eigenvalue weighted by molar-refractivity contribution is 5.78. The van der Waals surface area contributed by atoms with E-state index in [1.165, 1.54) is 4.90 Å². The van der Waals surface area contributed by atoms with Crippen LogP contribution >= 0.6 is 0 Å². The molecule has 4 N–H and O–H groups in total. The second-order valence-corrected chi connectivity index (χ2v) is 6.14. The molecular formula is C13H23NO6. The molecule has 0 saturated carbocycles. The van der Waals surface area contributed by atoms with Crippen LogP contribution in [0, 0.1) is 11.8 Å². The minimum absolute atomic E-state index is 0.103. The number of aliphatic hydroxyl groups excluding tert-OH is 3. The Morgan fingerprint density at radius 1 is 1.40 bits per heavy atom. The zero-order valence-electron chi connectivity index (χ0n) is 11.8. The summed E-state index contributed by atoms with van der Waals surface area (Å²) in [5, 5.41) is 39.2. The third-order valence-electron chi connectivity index (χ3n) is 4.29. The largest absolute Gasteiger partial charge is 0.388 e.